The van der Waals surface area contributed by atoms with Gasteiger partial charge in [-0.05, 0) is 68.4 Å². The highest BCUT2D eigenvalue weighted by atomic mass is 32.1. The summed E-state index contributed by atoms with van der Waals surface area (Å²) in [7, 11) is 0. The van der Waals surface area contributed by atoms with E-state index in [2.05, 4.69) is 20.8 Å². The molecule has 0 spiro atoms. The van der Waals surface area contributed by atoms with Crippen LogP contribution >= 0.6 is 11.3 Å². The van der Waals surface area contributed by atoms with Gasteiger partial charge in [0.25, 0.3) is 0 Å². The number of carbonyl (C=O) groups excluding carboxylic acids is 1. The second kappa shape index (κ2) is 6.01. The Balaban J connectivity index is 1.30. The zero-order valence-corrected chi connectivity index (χ0v) is 15.2. The molecular weight excluding hydrogens is 351 g/mol. The average Bonchev–Trinajstić information content (AvgIpc) is 3.05. The fraction of sp³-hybridized carbons (Fsp3) is 0.526. The lowest BCUT2D eigenvalue weighted by Crippen LogP contribution is -2.48. The topological polar surface area (TPSA) is 66.9 Å². The minimum Gasteiger partial charge on any atom is -0.305 e. The molecule has 5 nitrogen and oxygen atoms in total. The predicted molar refractivity (Wildman–Crippen MR) is 98.8 cm³/mol. The molecule has 6 rings (SSSR count). The van der Waals surface area contributed by atoms with Crippen molar-refractivity contribution in [3.63, 3.8) is 0 Å². The number of rotatable bonds is 3. The number of para-hydroxylation sites is 1. The van der Waals surface area contributed by atoms with Gasteiger partial charge < -0.3 is 5.32 Å². The summed E-state index contributed by atoms with van der Waals surface area (Å²) in [6, 6.07) is 5.60. The molecule has 136 valence electrons. The Morgan fingerprint density at radius 3 is 2.35 bits per heavy atom. The highest BCUT2D eigenvalue weighted by molar-refractivity contribution is 7.15. The van der Waals surface area contributed by atoms with Gasteiger partial charge in [0.15, 0.2) is 0 Å². The molecule has 0 unspecified atom stereocenters. The maximum Gasteiger partial charge on any atom is 0.325 e. The molecule has 1 aromatic heterocycles. The molecule has 0 atom stereocenters. The lowest BCUT2D eigenvalue weighted by molar-refractivity contribution is -0.00555. The van der Waals surface area contributed by atoms with Gasteiger partial charge in [-0.1, -0.05) is 23.5 Å². The molecule has 2 N–H and O–H groups in total. The van der Waals surface area contributed by atoms with Crippen LogP contribution in [0.2, 0.25) is 0 Å². The molecular formula is C19H21FN4OS. The Labute approximate surface area is 155 Å². The molecule has 0 radical (unpaired) electrons. The third-order valence-electron chi connectivity index (χ3n) is 6.26. The van der Waals surface area contributed by atoms with Crippen LogP contribution in [0.4, 0.5) is 20.0 Å². The number of hydrogen-bond donors (Lipinski definition) is 2. The molecule has 1 aromatic carbocycles. The first-order valence-corrected chi connectivity index (χ1v) is 10.1. The van der Waals surface area contributed by atoms with Crippen molar-refractivity contribution in [2.24, 2.45) is 17.8 Å². The van der Waals surface area contributed by atoms with Crippen LogP contribution in [0.25, 0.3) is 0 Å². The maximum absolute atomic E-state index is 13.6. The number of amides is 2. The van der Waals surface area contributed by atoms with Crippen molar-refractivity contribution >= 4 is 28.2 Å². The number of aromatic nitrogens is 2. The molecule has 1 heterocycles. The molecule has 2 aromatic rings. The Kier molecular flexibility index (Phi) is 3.74. The maximum atomic E-state index is 13.6. The lowest BCUT2D eigenvalue weighted by Gasteiger charge is -2.55. The van der Waals surface area contributed by atoms with Gasteiger partial charge in [-0.15, -0.1) is 10.2 Å². The van der Waals surface area contributed by atoms with Crippen molar-refractivity contribution in [2.45, 2.75) is 43.9 Å². The lowest BCUT2D eigenvalue weighted by atomic mass is 9.50. The fourth-order valence-electron chi connectivity index (χ4n) is 5.67. The van der Waals surface area contributed by atoms with Crippen LogP contribution in [0.15, 0.2) is 24.3 Å². The van der Waals surface area contributed by atoms with Crippen molar-refractivity contribution < 1.29 is 9.18 Å². The number of halogens is 1. The molecule has 2 amide bonds. The van der Waals surface area contributed by atoms with E-state index < -0.39 is 11.8 Å². The summed E-state index contributed by atoms with van der Waals surface area (Å²) < 4.78 is 13.6. The minimum absolute atomic E-state index is 0.149. The van der Waals surface area contributed by atoms with Gasteiger partial charge >= 0.3 is 6.03 Å². The summed E-state index contributed by atoms with van der Waals surface area (Å²) >= 11 is 1.48. The molecule has 4 aliphatic carbocycles. The number of nitrogens with zero attached hydrogens (tertiary/aromatic N) is 2. The van der Waals surface area contributed by atoms with Gasteiger partial charge in [0, 0.05) is 5.41 Å². The molecule has 7 heteroatoms. The van der Waals surface area contributed by atoms with E-state index >= 15 is 0 Å². The second-order valence-corrected chi connectivity index (χ2v) is 9.15. The first kappa shape index (κ1) is 16.2. The SMILES string of the molecule is O=C(Nc1nnc(C23CC4CC(CC(C4)C2)C3)s1)Nc1ccccc1F. The van der Waals surface area contributed by atoms with Gasteiger partial charge in [-0.25, -0.2) is 9.18 Å². The molecule has 4 aliphatic rings. The number of carbonyl (C=O) groups is 1. The number of nitrogens with one attached hydrogen (secondary N) is 2. The van der Waals surface area contributed by atoms with E-state index in [-0.39, 0.29) is 11.1 Å². The van der Waals surface area contributed by atoms with Crippen LogP contribution in [0.1, 0.15) is 43.5 Å². The minimum atomic E-state index is -0.497. The molecule has 0 saturated heterocycles. The van der Waals surface area contributed by atoms with E-state index in [1.54, 1.807) is 12.1 Å². The normalized spacial score (nSPS) is 31.8. The highest BCUT2D eigenvalue weighted by Gasteiger charge is 2.53. The monoisotopic (exact) mass is 372 g/mol. The number of anilines is 2. The van der Waals surface area contributed by atoms with Crippen LogP contribution in [0, 0.1) is 23.6 Å². The standard InChI is InChI=1S/C19H21FN4OS/c20-14-3-1-2-4-15(14)21-17(25)22-18-24-23-16(26-18)19-8-11-5-12(9-19)7-13(6-11)10-19/h1-4,11-13H,5-10H2,(H2,21,22,24,25). The summed E-state index contributed by atoms with van der Waals surface area (Å²) in [5.74, 6) is 2.05. The van der Waals surface area contributed by atoms with Gasteiger partial charge in [0.2, 0.25) is 5.13 Å². The zero-order valence-electron chi connectivity index (χ0n) is 14.4. The second-order valence-electron chi connectivity index (χ2n) is 8.17. The van der Waals surface area contributed by atoms with Gasteiger partial charge in [-0.2, -0.15) is 0 Å². The molecule has 0 aliphatic heterocycles. The fourth-order valence-corrected chi connectivity index (χ4v) is 6.63. The molecule has 4 saturated carbocycles. The molecule has 4 fully saturated rings. The van der Waals surface area contributed by atoms with Crippen molar-refractivity contribution in [3.05, 3.63) is 35.1 Å². The van der Waals surface area contributed by atoms with E-state index in [4.69, 9.17) is 0 Å². The van der Waals surface area contributed by atoms with Crippen molar-refractivity contribution in [1.29, 1.82) is 0 Å². The third kappa shape index (κ3) is 2.78. The summed E-state index contributed by atoms with van der Waals surface area (Å²) in [4.78, 5) is 12.1. The van der Waals surface area contributed by atoms with Crippen LogP contribution in [0.3, 0.4) is 0 Å². The number of hydrogen-bond acceptors (Lipinski definition) is 4. The van der Waals surface area contributed by atoms with Gasteiger partial charge in [-0.3, -0.25) is 5.32 Å². The van der Waals surface area contributed by atoms with Gasteiger partial charge in [0.05, 0.1) is 5.69 Å². The summed E-state index contributed by atoms with van der Waals surface area (Å²) in [5, 5.41) is 15.4. The van der Waals surface area contributed by atoms with E-state index in [0.29, 0.717) is 5.13 Å². The zero-order chi connectivity index (χ0) is 17.7. The van der Waals surface area contributed by atoms with Crippen LogP contribution < -0.4 is 10.6 Å². The summed E-state index contributed by atoms with van der Waals surface area (Å²) in [6.45, 7) is 0. The first-order chi connectivity index (χ1) is 12.6. The van der Waals surface area contributed by atoms with Crippen molar-refractivity contribution in [2.75, 3.05) is 10.6 Å². The Bertz CT molecular complexity index is 816. The highest BCUT2D eigenvalue weighted by Crippen LogP contribution is 2.61. The summed E-state index contributed by atoms with van der Waals surface area (Å²) in [6.07, 6.45) is 7.80. The van der Waals surface area contributed by atoms with E-state index in [1.807, 2.05) is 0 Å². The molecule has 26 heavy (non-hydrogen) atoms. The van der Waals surface area contributed by atoms with E-state index in [0.717, 1.165) is 22.8 Å². The van der Waals surface area contributed by atoms with Crippen LogP contribution in [0.5, 0.6) is 0 Å². The smallest absolute Gasteiger partial charge is 0.305 e. The number of benzene rings is 1. The van der Waals surface area contributed by atoms with Crippen LogP contribution in [-0.2, 0) is 5.41 Å². The van der Waals surface area contributed by atoms with Crippen molar-refractivity contribution in [1.82, 2.24) is 10.2 Å². The third-order valence-corrected chi connectivity index (χ3v) is 7.34. The predicted octanol–water partition coefficient (Wildman–Crippen LogP) is 4.79. The Morgan fingerprint density at radius 1 is 1.04 bits per heavy atom. The number of urea groups is 1. The first-order valence-electron chi connectivity index (χ1n) is 9.26. The van der Waals surface area contributed by atoms with E-state index in [9.17, 15) is 9.18 Å². The average molecular weight is 372 g/mol. The quantitative estimate of drug-likeness (QED) is 0.814. The van der Waals surface area contributed by atoms with E-state index in [1.165, 1.54) is 62.0 Å². The Hall–Kier alpha value is -2.02. The van der Waals surface area contributed by atoms with Crippen LogP contribution in [-0.4, -0.2) is 16.2 Å². The summed E-state index contributed by atoms with van der Waals surface area (Å²) in [5.41, 5.74) is 0.324. The van der Waals surface area contributed by atoms with Gasteiger partial charge in [0.1, 0.15) is 10.8 Å². The molecule has 4 bridgehead atoms. The Morgan fingerprint density at radius 2 is 1.69 bits per heavy atom. The van der Waals surface area contributed by atoms with Crippen molar-refractivity contribution in [3.8, 4) is 0 Å². The largest absolute Gasteiger partial charge is 0.325 e.